The maximum Gasteiger partial charge on any atom is 0.335 e. The van der Waals surface area contributed by atoms with E-state index in [1.54, 1.807) is 22.9 Å². The summed E-state index contributed by atoms with van der Waals surface area (Å²) in [6.07, 6.45) is 3.66. The summed E-state index contributed by atoms with van der Waals surface area (Å²) in [6, 6.07) is 19.9. The van der Waals surface area contributed by atoms with Crippen LogP contribution in [0.5, 0.6) is 0 Å². The summed E-state index contributed by atoms with van der Waals surface area (Å²) in [5.41, 5.74) is 5.25. The molecule has 0 N–H and O–H groups in total. The minimum absolute atomic E-state index is 0.0156. The van der Waals surface area contributed by atoms with Gasteiger partial charge in [0.1, 0.15) is 0 Å². The Labute approximate surface area is 183 Å². The fourth-order valence-corrected chi connectivity index (χ4v) is 3.98. The molecular formula is C24H18N4O4. The fourth-order valence-electron chi connectivity index (χ4n) is 3.98. The van der Waals surface area contributed by atoms with E-state index in [1.165, 1.54) is 19.2 Å². The number of nitrogens with zero attached hydrogens (tertiary/aromatic N) is 4. The third-order valence-corrected chi connectivity index (χ3v) is 5.45. The first kappa shape index (κ1) is 19.5. The molecule has 0 saturated heterocycles. The molecule has 0 amide bonds. The number of esters is 1. The Bertz CT molecular complexity index is 1370. The molecule has 158 valence electrons. The molecule has 2 aromatic carbocycles. The number of nitro benzene ring substituents is 1. The number of benzene rings is 2. The van der Waals surface area contributed by atoms with Crippen LogP contribution in [-0.2, 0) is 16.1 Å². The monoisotopic (exact) mass is 426 g/mol. The lowest BCUT2D eigenvalue weighted by molar-refractivity contribution is -0.384. The topological polar surface area (TPSA) is 92.2 Å². The number of ether oxygens (including phenoxy) is 1. The first-order valence-corrected chi connectivity index (χ1v) is 9.94. The van der Waals surface area contributed by atoms with E-state index in [0.29, 0.717) is 17.8 Å². The second kappa shape index (κ2) is 7.66. The van der Waals surface area contributed by atoms with Gasteiger partial charge in [-0.2, -0.15) is 5.10 Å². The predicted octanol–water partition coefficient (Wildman–Crippen LogP) is 4.49. The van der Waals surface area contributed by atoms with Crippen molar-refractivity contribution >= 4 is 17.7 Å². The minimum atomic E-state index is -0.421. The van der Waals surface area contributed by atoms with Crippen molar-refractivity contribution in [3.8, 4) is 28.2 Å². The molecule has 32 heavy (non-hydrogen) atoms. The van der Waals surface area contributed by atoms with Gasteiger partial charge in [0.25, 0.3) is 5.69 Å². The van der Waals surface area contributed by atoms with E-state index in [9.17, 15) is 14.9 Å². The van der Waals surface area contributed by atoms with Crippen LogP contribution in [0.2, 0.25) is 0 Å². The normalized spacial score (nSPS) is 12.3. The molecular weight excluding hydrogens is 408 g/mol. The molecule has 0 saturated carbocycles. The van der Waals surface area contributed by atoms with Crippen molar-refractivity contribution in [1.82, 2.24) is 14.3 Å². The Morgan fingerprint density at radius 1 is 1.06 bits per heavy atom. The van der Waals surface area contributed by atoms with Gasteiger partial charge in [0.2, 0.25) is 0 Å². The van der Waals surface area contributed by atoms with Crippen molar-refractivity contribution in [2.45, 2.75) is 6.54 Å². The van der Waals surface area contributed by atoms with E-state index in [1.807, 2.05) is 53.2 Å². The molecule has 0 bridgehead atoms. The lowest BCUT2D eigenvalue weighted by atomic mass is 10.0. The molecule has 0 aliphatic carbocycles. The second-order valence-electron chi connectivity index (χ2n) is 7.34. The maximum atomic E-state index is 12.4. The zero-order valence-corrected chi connectivity index (χ0v) is 17.1. The Morgan fingerprint density at radius 2 is 1.81 bits per heavy atom. The van der Waals surface area contributed by atoms with Crippen LogP contribution in [0.1, 0.15) is 5.69 Å². The standard InChI is InChI=1S/C24H18N4O4/c1-32-24(29)17-14-20-22(21-8-5-13-26(21)15-17)23(16-9-11-19(12-10-16)28(30)31)27(25-20)18-6-3-2-4-7-18/h2-14H,15H2,1H3. The molecule has 4 aromatic rings. The van der Waals surface area contributed by atoms with E-state index in [-0.39, 0.29) is 5.69 Å². The number of hydrogen-bond donors (Lipinski definition) is 0. The van der Waals surface area contributed by atoms with Crippen molar-refractivity contribution < 1.29 is 14.5 Å². The third-order valence-electron chi connectivity index (χ3n) is 5.45. The van der Waals surface area contributed by atoms with E-state index >= 15 is 0 Å². The van der Waals surface area contributed by atoms with Crippen LogP contribution < -0.4 is 0 Å². The molecule has 0 unspecified atom stereocenters. The third kappa shape index (κ3) is 3.18. The quantitative estimate of drug-likeness (QED) is 0.272. The number of para-hydroxylation sites is 1. The lowest BCUT2D eigenvalue weighted by Crippen LogP contribution is -2.11. The molecule has 0 atom stereocenters. The molecule has 3 heterocycles. The Morgan fingerprint density at radius 3 is 2.50 bits per heavy atom. The summed E-state index contributed by atoms with van der Waals surface area (Å²) in [5.74, 6) is -0.413. The van der Waals surface area contributed by atoms with Crippen LogP contribution in [0.15, 0.2) is 78.5 Å². The molecule has 2 aromatic heterocycles. The molecule has 8 heteroatoms. The number of carbonyl (C=O) groups is 1. The van der Waals surface area contributed by atoms with Crippen LogP contribution in [0.25, 0.3) is 34.3 Å². The highest BCUT2D eigenvalue weighted by Gasteiger charge is 2.27. The van der Waals surface area contributed by atoms with Crippen molar-refractivity contribution in [3.05, 3.63) is 94.3 Å². The van der Waals surface area contributed by atoms with Crippen LogP contribution in [-0.4, -0.2) is 32.3 Å². The highest BCUT2D eigenvalue weighted by atomic mass is 16.6. The zero-order chi connectivity index (χ0) is 22.2. The van der Waals surface area contributed by atoms with Crippen LogP contribution >= 0.6 is 0 Å². The van der Waals surface area contributed by atoms with Crippen LogP contribution in [0.3, 0.4) is 0 Å². The maximum absolute atomic E-state index is 12.4. The van der Waals surface area contributed by atoms with Gasteiger partial charge in [-0.3, -0.25) is 10.1 Å². The SMILES string of the molecule is COC(=O)C1=Cc2nn(-c3ccccc3)c(-c3ccc([N+](=O)[O-])cc3)c2-c2cccn2C1. The van der Waals surface area contributed by atoms with E-state index in [4.69, 9.17) is 9.84 Å². The molecule has 5 rings (SSSR count). The fraction of sp³-hybridized carbons (Fsp3) is 0.0833. The highest BCUT2D eigenvalue weighted by molar-refractivity contribution is 5.97. The lowest BCUT2D eigenvalue weighted by Gasteiger charge is -2.12. The average Bonchev–Trinajstić information content (AvgIpc) is 3.39. The Kier molecular flexibility index (Phi) is 4.67. The largest absolute Gasteiger partial charge is 0.466 e. The summed E-state index contributed by atoms with van der Waals surface area (Å²) < 4.78 is 8.75. The Balaban J connectivity index is 1.82. The van der Waals surface area contributed by atoms with Crippen molar-refractivity contribution in [1.29, 1.82) is 0 Å². The van der Waals surface area contributed by atoms with Crippen molar-refractivity contribution in [3.63, 3.8) is 0 Å². The first-order chi connectivity index (χ1) is 15.6. The van der Waals surface area contributed by atoms with Gasteiger partial charge in [-0.15, -0.1) is 0 Å². The molecule has 0 spiro atoms. The summed E-state index contributed by atoms with van der Waals surface area (Å²) in [7, 11) is 1.36. The van der Waals surface area contributed by atoms with E-state index < -0.39 is 10.9 Å². The van der Waals surface area contributed by atoms with Gasteiger partial charge in [-0.25, -0.2) is 9.48 Å². The number of non-ortho nitro benzene ring substituents is 1. The summed E-state index contributed by atoms with van der Waals surface area (Å²) in [5, 5.41) is 16.0. The van der Waals surface area contributed by atoms with Crippen LogP contribution in [0.4, 0.5) is 5.69 Å². The van der Waals surface area contributed by atoms with E-state index in [0.717, 1.165) is 28.2 Å². The summed E-state index contributed by atoms with van der Waals surface area (Å²) >= 11 is 0. The number of methoxy groups -OCH3 is 1. The van der Waals surface area contributed by atoms with Gasteiger partial charge in [0.05, 0.1) is 52.5 Å². The first-order valence-electron chi connectivity index (χ1n) is 9.94. The predicted molar refractivity (Wildman–Crippen MR) is 119 cm³/mol. The second-order valence-corrected chi connectivity index (χ2v) is 7.34. The summed E-state index contributed by atoms with van der Waals surface area (Å²) in [4.78, 5) is 23.1. The minimum Gasteiger partial charge on any atom is -0.466 e. The van der Waals surface area contributed by atoms with Gasteiger partial charge >= 0.3 is 5.97 Å². The number of nitro groups is 1. The highest BCUT2D eigenvalue weighted by Crippen LogP contribution is 2.40. The van der Waals surface area contributed by atoms with Crippen LogP contribution in [0, 0.1) is 10.1 Å². The van der Waals surface area contributed by atoms with Crippen molar-refractivity contribution in [2.75, 3.05) is 7.11 Å². The number of carbonyl (C=O) groups excluding carboxylic acids is 1. The Hall–Kier alpha value is -4.46. The van der Waals surface area contributed by atoms with Gasteiger partial charge < -0.3 is 9.30 Å². The van der Waals surface area contributed by atoms with Gasteiger partial charge in [0.15, 0.2) is 0 Å². The molecule has 0 fully saturated rings. The van der Waals surface area contributed by atoms with E-state index in [2.05, 4.69) is 0 Å². The van der Waals surface area contributed by atoms with Gasteiger partial charge in [-0.05, 0) is 42.5 Å². The van der Waals surface area contributed by atoms with Crippen molar-refractivity contribution in [2.24, 2.45) is 0 Å². The molecule has 1 aliphatic heterocycles. The van der Waals surface area contributed by atoms with Gasteiger partial charge in [0, 0.05) is 23.9 Å². The number of fused-ring (bicyclic) bond motifs is 3. The summed E-state index contributed by atoms with van der Waals surface area (Å²) in [6.45, 7) is 0.358. The number of hydrogen-bond acceptors (Lipinski definition) is 5. The van der Waals surface area contributed by atoms with Gasteiger partial charge in [-0.1, -0.05) is 18.2 Å². The molecule has 1 aliphatic rings. The molecule has 8 nitrogen and oxygen atoms in total. The number of aromatic nitrogens is 3. The average molecular weight is 426 g/mol. The number of rotatable bonds is 4. The molecule has 0 radical (unpaired) electrons. The zero-order valence-electron chi connectivity index (χ0n) is 17.1. The smallest absolute Gasteiger partial charge is 0.335 e.